The zero-order valence-electron chi connectivity index (χ0n) is 20.4. The number of hydrogen-bond donors (Lipinski definition) is 3. The number of carboxylic acid groups (broad SMARTS) is 1. The summed E-state index contributed by atoms with van der Waals surface area (Å²) in [6.07, 6.45) is -0.173. The van der Waals surface area contributed by atoms with Crippen LogP contribution in [0.1, 0.15) is 63.0 Å². The molecule has 10 heteroatoms. The Morgan fingerprint density at radius 3 is 2.31 bits per heavy atom. The third kappa shape index (κ3) is 6.76. The fourth-order valence-electron chi connectivity index (χ4n) is 3.53. The first-order valence-corrected chi connectivity index (χ1v) is 12.2. The third-order valence-corrected chi connectivity index (χ3v) is 6.50. The van der Waals surface area contributed by atoms with Crippen molar-refractivity contribution < 1.29 is 19.5 Å². The number of nitrogens with one attached hydrogen (secondary N) is 1. The van der Waals surface area contributed by atoms with E-state index < -0.39 is 11.9 Å². The van der Waals surface area contributed by atoms with Crippen LogP contribution in [0, 0.1) is 0 Å². The standard InChI is InChI=1S/C26H29N5O4S/c1-16(2)21-22(25(35)28-14-13-20(32)33)36-26(31(21)3)30-24(34)19-11-9-18(10-12-19)23(27)29-15-17-7-5-4-6-8-17/h4-12,16H,13-15H2,1-3H3,(H2,27,29)(H,28,35)(H,32,33). The lowest BCUT2D eigenvalue weighted by Gasteiger charge is -2.10. The maximum atomic E-state index is 12.9. The molecule has 9 nitrogen and oxygen atoms in total. The van der Waals surface area contributed by atoms with Crippen LogP contribution < -0.4 is 15.9 Å². The molecule has 1 aromatic heterocycles. The van der Waals surface area contributed by atoms with Gasteiger partial charge in [0.2, 0.25) is 0 Å². The second-order valence-corrected chi connectivity index (χ2v) is 9.37. The van der Waals surface area contributed by atoms with Gasteiger partial charge in [-0.2, -0.15) is 4.99 Å². The number of carbonyl (C=O) groups excluding carboxylic acids is 2. The average molecular weight is 508 g/mol. The van der Waals surface area contributed by atoms with Crippen LogP contribution in [0.4, 0.5) is 0 Å². The van der Waals surface area contributed by atoms with Crippen molar-refractivity contribution >= 4 is 35.0 Å². The van der Waals surface area contributed by atoms with Crippen molar-refractivity contribution in [3.05, 3.63) is 86.7 Å². The Kier molecular flexibility index (Phi) is 8.91. The normalized spacial score (nSPS) is 12.1. The summed E-state index contributed by atoms with van der Waals surface area (Å²) >= 11 is 1.09. The van der Waals surface area contributed by atoms with Crippen molar-refractivity contribution in [1.82, 2.24) is 9.88 Å². The summed E-state index contributed by atoms with van der Waals surface area (Å²) in [6.45, 7) is 4.35. The molecule has 0 spiro atoms. The van der Waals surface area contributed by atoms with Crippen molar-refractivity contribution in [2.24, 2.45) is 22.8 Å². The molecule has 0 aliphatic heterocycles. The van der Waals surface area contributed by atoms with Crippen LogP contribution in [-0.2, 0) is 18.4 Å². The van der Waals surface area contributed by atoms with Gasteiger partial charge in [0.15, 0.2) is 4.80 Å². The molecule has 36 heavy (non-hydrogen) atoms. The molecule has 0 atom stereocenters. The summed E-state index contributed by atoms with van der Waals surface area (Å²) in [7, 11) is 1.75. The second kappa shape index (κ2) is 12.1. The maximum absolute atomic E-state index is 12.9. The largest absolute Gasteiger partial charge is 0.481 e. The van der Waals surface area contributed by atoms with Crippen molar-refractivity contribution in [2.45, 2.75) is 32.7 Å². The number of benzene rings is 2. The van der Waals surface area contributed by atoms with Gasteiger partial charge in [-0.05, 0) is 23.6 Å². The number of aliphatic imine (C=N–C) groups is 1. The van der Waals surface area contributed by atoms with Gasteiger partial charge in [0.1, 0.15) is 10.7 Å². The molecule has 1 heterocycles. The molecule has 3 aromatic rings. The zero-order valence-corrected chi connectivity index (χ0v) is 21.2. The Hall–Kier alpha value is -4.05. The number of nitrogens with zero attached hydrogens (tertiary/aromatic N) is 3. The van der Waals surface area contributed by atoms with Gasteiger partial charge in [-0.1, -0.05) is 67.6 Å². The molecule has 0 saturated carbocycles. The molecule has 188 valence electrons. The van der Waals surface area contributed by atoms with Crippen molar-refractivity contribution in [3.63, 3.8) is 0 Å². The maximum Gasteiger partial charge on any atom is 0.305 e. The number of carbonyl (C=O) groups is 3. The van der Waals surface area contributed by atoms with Gasteiger partial charge in [0, 0.05) is 30.4 Å². The molecule has 0 fully saturated rings. The lowest BCUT2D eigenvalue weighted by molar-refractivity contribution is -0.136. The number of hydrogen-bond acceptors (Lipinski definition) is 5. The number of nitrogens with two attached hydrogens (primary N) is 1. The Balaban J connectivity index is 1.80. The van der Waals surface area contributed by atoms with Crippen LogP contribution in [0.25, 0.3) is 0 Å². The molecule has 0 aliphatic rings. The smallest absolute Gasteiger partial charge is 0.305 e. The highest BCUT2D eigenvalue weighted by Crippen LogP contribution is 2.21. The predicted molar refractivity (Wildman–Crippen MR) is 139 cm³/mol. The van der Waals surface area contributed by atoms with Crippen LogP contribution in [0.2, 0.25) is 0 Å². The van der Waals surface area contributed by atoms with Crippen molar-refractivity contribution in [1.29, 1.82) is 0 Å². The summed E-state index contributed by atoms with van der Waals surface area (Å²) < 4.78 is 1.72. The van der Waals surface area contributed by atoms with Crippen LogP contribution in [0.5, 0.6) is 0 Å². The molecule has 4 N–H and O–H groups in total. The SMILES string of the molecule is CC(C)c1c(C(=O)NCCC(=O)O)sc(=NC(=O)c2ccc(C(N)=NCc3ccccc3)cc2)n1C. The lowest BCUT2D eigenvalue weighted by Crippen LogP contribution is -2.26. The van der Waals surface area contributed by atoms with Crippen LogP contribution in [0.3, 0.4) is 0 Å². The van der Waals surface area contributed by atoms with E-state index in [1.54, 1.807) is 35.9 Å². The highest BCUT2D eigenvalue weighted by molar-refractivity contribution is 7.11. The van der Waals surface area contributed by atoms with Gasteiger partial charge in [-0.15, -0.1) is 0 Å². The fourth-order valence-corrected chi connectivity index (χ4v) is 4.72. The molecule has 0 aliphatic carbocycles. The first-order valence-electron chi connectivity index (χ1n) is 11.4. The number of amidine groups is 1. The quantitative estimate of drug-likeness (QED) is 0.302. The molecule has 0 unspecified atom stereocenters. The highest BCUT2D eigenvalue weighted by Gasteiger charge is 2.21. The van der Waals surface area contributed by atoms with E-state index in [0.29, 0.717) is 33.2 Å². The Morgan fingerprint density at radius 2 is 1.69 bits per heavy atom. The molecule has 0 bridgehead atoms. The van der Waals surface area contributed by atoms with E-state index in [9.17, 15) is 14.4 Å². The molecule has 2 aromatic carbocycles. The van der Waals surface area contributed by atoms with Crippen LogP contribution in [0.15, 0.2) is 64.6 Å². The Labute approximate surface area is 213 Å². The molecule has 3 rings (SSSR count). The van der Waals surface area contributed by atoms with Crippen LogP contribution in [-0.4, -0.2) is 39.8 Å². The van der Waals surface area contributed by atoms with Gasteiger partial charge in [0.25, 0.3) is 11.8 Å². The lowest BCUT2D eigenvalue weighted by atomic mass is 10.1. The third-order valence-electron chi connectivity index (χ3n) is 5.35. The van der Waals surface area contributed by atoms with Crippen molar-refractivity contribution in [2.75, 3.05) is 6.54 Å². The van der Waals surface area contributed by atoms with E-state index in [-0.39, 0.29) is 24.8 Å². The fraction of sp³-hybridized carbons (Fsp3) is 0.269. The van der Waals surface area contributed by atoms with Crippen LogP contribution >= 0.6 is 11.3 Å². The summed E-state index contributed by atoms with van der Waals surface area (Å²) in [5, 5.41) is 11.4. The number of rotatable bonds is 9. The molecule has 2 amide bonds. The molecule has 0 saturated heterocycles. The van der Waals surface area contributed by atoms with E-state index in [1.807, 2.05) is 44.2 Å². The van der Waals surface area contributed by atoms with E-state index in [0.717, 1.165) is 22.6 Å². The number of aromatic nitrogens is 1. The molecule has 0 radical (unpaired) electrons. The minimum Gasteiger partial charge on any atom is -0.481 e. The van der Waals surface area contributed by atoms with E-state index >= 15 is 0 Å². The van der Waals surface area contributed by atoms with E-state index in [2.05, 4.69) is 15.3 Å². The minimum atomic E-state index is -0.993. The van der Waals surface area contributed by atoms with E-state index in [4.69, 9.17) is 10.8 Å². The summed E-state index contributed by atoms with van der Waals surface area (Å²) in [4.78, 5) is 45.7. The number of carboxylic acids is 1. The van der Waals surface area contributed by atoms with Gasteiger partial charge in [-0.25, -0.2) is 0 Å². The Bertz CT molecular complexity index is 1340. The first-order chi connectivity index (χ1) is 17.2. The average Bonchev–Trinajstić information content (AvgIpc) is 3.19. The van der Waals surface area contributed by atoms with Crippen molar-refractivity contribution in [3.8, 4) is 0 Å². The number of thiazole rings is 1. The van der Waals surface area contributed by atoms with E-state index in [1.165, 1.54) is 0 Å². The van der Waals surface area contributed by atoms with Gasteiger partial charge >= 0.3 is 5.97 Å². The topological polar surface area (TPSA) is 139 Å². The van der Waals surface area contributed by atoms with Gasteiger partial charge < -0.3 is 20.7 Å². The first kappa shape index (κ1) is 26.6. The Morgan fingerprint density at radius 1 is 1.06 bits per heavy atom. The molecular weight excluding hydrogens is 478 g/mol. The number of amides is 2. The highest BCUT2D eigenvalue weighted by atomic mass is 32.1. The summed E-state index contributed by atoms with van der Waals surface area (Å²) in [5.41, 5.74) is 8.95. The van der Waals surface area contributed by atoms with Gasteiger partial charge in [0.05, 0.1) is 13.0 Å². The molecular formula is C26H29N5O4S. The predicted octanol–water partition coefficient (Wildman–Crippen LogP) is 3.06. The monoisotopic (exact) mass is 507 g/mol. The summed E-state index contributed by atoms with van der Waals surface area (Å²) in [6, 6.07) is 16.5. The second-order valence-electron chi connectivity index (χ2n) is 8.39. The summed E-state index contributed by atoms with van der Waals surface area (Å²) in [5.74, 6) is -1.47. The minimum absolute atomic E-state index is 0.0112. The van der Waals surface area contributed by atoms with Gasteiger partial charge in [-0.3, -0.25) is 19.4 Å². The number of aliphatic carboxylic acids is 1. The zero-order chi connectivity index (χ0) is 26.2.